The third kappa shape index (κ3) is 4.48. The fraction of sp³-hybridized carbons (Fsp3) is 0.600. The lowest BCUT2D eigenvalue weighted by Crippen LogP contribution is -2.47. The quantitative estimate of drug-likeness (QED) is 0.904. The molecule has 4 heteroatoms. The molecule has 1 aliphatic rings. The Morgan fingerprint density at radius 1 is 1.47 bits per heavy atom. The van der Waals surface area contributed by atoms with Crippen LogP contribution in [-0.4, -0.2) is 37.2 Å². The molecule has 0 amide bonds. The van der Waals surface area contributed by atoms with Gasteiger partial charge in [-0.1, -0.05) is 35.3 Å². The second kappa shape index (κ2) is 7.27. The van der Waals surface area contributed by atoms with Gasteiger partial charge < -0.3 is 10.5 Å². The lowest BCUT2D eigenvalue weighted by Gasteiger charge is -2.36. The van der Waals surface area contributed by atoms with Crippen LogP contribution in [0.2, 0.25) is 0 Å². The Hall–Kier alpha value is -0.580. The van der Waals surface area contributed by atoms with Crippen molar-refractivity contribution in [1.82, 2.24) is 4.90 Å². The summed E-state index contributed by atoms with van der Waals surface area (Å²) in [6, 6.07) is 8.37. The van der Waals surface area contributed by atoms with Crippen LogP contribution < -0.4 is 10.5 Å². The van der Waals surface area contributed by atoms with E-state index in [2.05, 4.69) is 27.8 Å². The van der Waals surface area contributed by atoms with Crippen LogP contribution in [-0.2, 0) is 0 Å². The summed E-state index contributed by atoms with van der Waals surface area (Å²) in [7, 11) is 0. The van der Waals surface area contributed by atoms with E-state index >= 15 is 0 Å². The van der Waals surface area contributed by atoms with Crippen LogP contribution >= 0.6 is 15.9 Å². The lowest BCUT2D eigenvalue weighted by molar-refractivity contribution is 0.130. The predicted octanol–water partition coefficient (Wildman–Crippen LogP) is 2.89. The molecule has 2 atom stereocenters. The number of hydrogen-bond acceptors (Lipinski definition) is 3. The Morgan fingerprint density at radius 2 is 2.32 bits per heavy atom. The van der Waals surface area contributed by atoms with Crippen LogP contribution in [0.1, 0.15) is 19.8 Å². The van der Waals surface area contributed by atoms with Gasteiger partial charge in [-0.05, 0) is 37.1 Å². The second-order valence-electron chi connectivity index (χ2n) is 5.23. The predicted molar refractivity (Wildman–Crippen MR) is 82.5 cm³/mol. The third-order valence-corrected chi connectivity index (χ3v) is 4.37. The minimum atomic E-state index is 0.382. The summed E-state index contributed by atoms with van der Waals surface area (Å²) in [4.78, 5) is 2.47. The van der Waals surface area contributed by atoms with E-state index in [1.807, 2.05) is 24.3 Å². The number of rotatable bonds is 5. The fourth-order valence-electron chi connectivity index (χ4n) is 2.61. The molecule has 1 aromatic carbocycles. The van der Waals surface area contributed by atoms with Gasteiger partial charge in [-0.2, -0.15) is 0 Å². The molecule has 2 rings (SSSR count). The maximum absolute atomic E-state index is 6.12. The van der Waals surface area contributed by atoms with Crippen LogP contribution in [0, 0.1) is 5.92 Å². The van der Waals surface area contributed by atoms with Crippen molar-refractivity contribution in [1.29, 1.82) is 0 Å². The number of likely N-dealkylation sites (tertiary alicyclic amines) is 1. The van der Waals surface area contributed by atoms with Crippen LogP contribution in [0.4, 0.5) is 0 Å². The molecule has 0 radical (unpaired) electrons. The Morgan fingerprint density at radius 3 is 3.05 bits per heavy atom. The topological polar surface area (TPSA) is 38.5 Å². The molecule has 0 saturated carbocycles. The number of halogens is 1. The molecule has 106 valence electrons. The molecule has 1 aliphatic heterocycles. The Kier molecular flexibility index (Phi) is 5.67. The van der Waals surface area contributed by atoms with Gasteiger partial charge >= 0.3 is 0 Å². The van der Waals surface area contributed by atoms with Gasteiger partial charge in [0.15, 0.2) is 0 Å². The average molecular weight is 327 g/mol. The SMILES string of the molecule is CCC1CN(CCOc2cccc(Br)c2)CCC1N. The van der Waals surface area contributed by atoms with Gasteiger partial charge in [-0.15, -0.1) is 0 Å². The van der Waals surface area contributed by atoms with Gasteiger partial charge in [0, 0.05) is 23.6 Å². The summed E-state index contributed by atoms with van der Waals surface area (Å²) in [5.74, 6) is 1.56. The molecule has 1 heterocycles. The first kappa shape index (κ1) is 14.8. The normalized spacial score (nSPS) is 24.4. The lowest BCUT2D eigenvalue weighted by atomic mass is 9.91. The highest BCUT2D eigenvalue weighted by molar-refractivity contribution is 9.10. The molecule has 2 N–H and O–H groups in total. The van der Waals surface area contributed by atoms with Gasteiger partial charge in [-0.3, -0.25) is 4.90 Å². The van der Waals surface area contributed by atoms with E-state index in [4.69, 9.17) is 10.5 Å². The highest BCUT2D eigenvalue weighted by atomic mass is 79.9. The number of nitrogens with two attached hydrogens (primary N) is 1. The summed E-state index contributed by atoms with van der Waals surface area (Å²) >= 11 is 3.45. The first-order valence-electron chi connectivity index (χ1n) is 7.05. The smallest absolute Gasteiger partial charge is 0.120 e. The molecule has 2 unspecified atom stereocenters. The first-order chi connectivity index (χ1) is 9.19. The highest BCUT2D eigenvalue weighted by Gasteiger charge is 2.24. The van der Waals surface area contributed by atoms with E-state index in [1.54, 1.807) is 0 Å². The monoisotopic (exact) mass is 326 g/mol. The largest absolute Gasteiger partial charge is 0.492 e. The van der Waals surface area contributed by atoms with Gasteiger partial charge in [0.05, 0.1) is 0 Å². The molecule has 0 aliphatic carbocycles. The summed E-state index contributed by atoms with van der Waals surface area (Å²) in [6.07, 6.45) is 2.28. The third-order valence-electron chi connectivity index (χ3n) is 3.87. The van der Waals surface area contributed by atoms with Gasteiger partial charge in [0.2, 0.25) is 0 Å². The van der Waals surface area contributed by atoms with Gasteiger partial charge in [-0.25, -0.2) is 0 Å². The number of ether oxygens (including phenoxy) is 1. The number of benzene rings is 1. The molecular weight excluding hydrogens is 304 g/mol. The minimum absolute atomic E-state index is 0.382. The van der Waals surface area contributed by atoms with Crippen molar-refractivity contribution in [3.05, 3.63) is 28.7 Å². The minimum Gasteiger partial charge on any atom is -0.492 e. The van der Waals surface area contributed by atoms with Crippen LogP contribution in [0.5, 0.6) is 5.75 Å². The molecule has 1 fully saturated rings. The van der Waals surface area contributed by atoms with Crippen LogP contribution in [0.3, 0.4) is 0 Å². The average Bonchev–Trinajstić information content (AvgIpc) is 2.41. The Labute approximate surface area is 124 Å². The molecule has 0 aromatic heterocycles. The van der Waals surface area contributed by atoms with Crippen molar-refractivity contribution >= 4 is 15.9 Å². The van der Waals surface area contributed by atoms with E-state index in [1.165, 1.54) is 6.42 Å². The fourth-order valence-corrected chi connectivity index (χ4v) is 2.99. The molecule has 3 nitrogen and oxygen atoms in total. The molecule has 0 spiro atoms. The number of piperidine rings is 1. The van der Waals surface area contributed by atoms with E-state index in [9.17, 15) is 0 Å². The second-order valence-corrected chi connectivity index (χ2v) is 6.14. The Bertz CT molecular complexity index is 399. The zero-order valence-electron chi connectivity index (χ0n) is 11.5. The van der Waals surface area contributed by atoms with Crippen molar-refractivity contribution in [3.8, 4) is 5.75 Å². The summed E-state index contributed by atoms with van der Waals surface area (Å²) in [5, 5.41) is 0. The van der Waals surface area contributed by atoms with Crippen molar-refractivity contribution in [2.24, 2.45) is 11.7 Å². The van der Waals surface area contributed by atoms with E-state index in [0.29, 0.717) is 12.0 Å². The summed E-state index contributed by atoms with van der Waals surface area (Å²) in [6.45, 7) is 6.16. The van der Waals surface area contributed by atoms with E-state index in [0.717, 1.165) is 42.9 Å². The van der Waals surface area contributed by atoms with E-state index < -0.39 is 0 Å². The van der Waals surface area contributed by atoms with Crippen molar-refractivity contribution in [2.45, 2.75) is 25.8 Å². The van der Waals surface area contributed by atoms with Crippen molar-refractivity contribution < 1.29 is 4.74 Å². The van der Waals surface area contributed by atoms with Crippen molar-refractivity contribution in [2.75, 3.05) is 26.2 Å². The standard InChI is InChI=1S/C15H23BrN2O/c1-2-12-11-18(7-6-15(12)17)8-9-19-14-5-3-4-13(16)10-14/h3-5,10,12,15H,2,6-9,11,17H2,1H3. The van der Waals surface area contributed by atoms with Gasteiger partial charge in [0.1, 0.15) is 12.4 Å². The van der Waals surface area contributed by atoms with Crippen LogP contribution in [0.15, 0.2) is 28.7 Å². The van der Waals surface area contributed by atoms with Gasteiger partial charge in [0.25, 0.3) is 0 Å². The zero-order valence-corrected chi connectivity index (χ0v) is 13.1. The maximum Gasteiger partial charge on any atom is 0.120 e. The summed E-state index contributed by atoms with van der Waals surface area (Å²) in [5.41, 5.74) is 6.12. The zero-order chi connectivity index (χ0) is 13.7. The molecule has 0 bridgehead atoms. The highest BCUT2D eigenvalue weighted by Crippen LogP contribution is 2.19. The van der Waals surface area contributed by atoms with Crippen LogP contribution in [0.25, 0.3) is 0 Å². The molecule has 1 saturated heterocycles. The molecule has 1 aromatic rings. The number of nitrogens with zero attached hydrogens (tertiary/aromatic N) is 1. The summed E-state index contributed by atoms with van der Waals surface area (Å²) < 4.78 is 6.84. The maximum atomic E-state index is 6.12. The van der Waals surface area contributed by atoms with E-state index in [-0.39, 0.29) is 0 Å². The Balaban J connectivity index is 1.74. The number of hydrogen-bond donors (Lipinski definition) is 1. The molecule has 19 heavy (non-hydrogen) atoms. The van der Waals surface area contributed by atoms with Crippen molar-refractivity contribution in [3.63, 3.8) is 0 Å². The molecular formula is C15H23BrN2O. The first-order valence-corrected chi connectivity index (χ1v) is 7.84.